The molecule has 0 aliphatic rings. The molecule has 80 valence electrons. The van der Waals surface area contributed by atoms with E-state index in [1.807, 2.05) is 6.92 Å². The van der Waals surface area contributed by atoms with E-state index in [2.05, 4.69) is 0 Å². The number of hydrogen-bond acceptors (Lipinski definition) is 1. The van der Waals surface area contributed by atoms with Crippen LogP contribution in [-0.2, 0) is 0 Å². The Hall–Kier alpha value is -0.250. The van der Waals surface area contributed by atoms with Crippen molar-refractivity contribution < 1.29 is 13.2 Å². The Morgan fingerprint density at radius 3 is 2.00 bits per heavy atom. The molecular weight excluding hydrogens is 179 g/mol. The Labute approximate surface area is 77.9 Å². The van der Waals surface area contributed by atoms with Crippen LogP contribution < -0.4 is 0 Å². The van der Waals surface area contributed by atoms with E-state index >= 15 is 0 Å². The molecule has 0 bridgehead atoms. The van der Waals surface area contributed by atoms with Crippen LogP contribution in [0, 0.1) is 0 Å². The number of rotatable bonds is 5. The summed E-state index contributed by atoms with van der Waals surface area (Å²) in [4.78, 5) is 1.39. The van der Waals surface area contributed by atoms with Gasteiger partial charge in [-0.3, -0.25) is 4.90 Å². The summed E-state index contributed by atoms with van der Waals surface area (Å²) in [5, 5.41) is 0. The molecule has 0 fully saturated rings. The van der Waals surface area contributed by atoms with Gasteiger partial charge in [-0.2, -0.15) is 13.2 Å². The molecule has 0 aliphatic heterocycles. The molecule has 0 saturated carbocycles. The number of halogens is 3. The van der Waals surface area contributed by atoms with Crippen LogP contribution >= 0.6 is 0 Å². The summed E-state index contributed by atoms with van der Waals surface area (Å²) >= 11 is 0. The monoisotopic (exact) mass is 197 g/mol. The summed E-state index contributed by atoms with van der Waals surface area (Å²) in [5.74, 6) is 0. The molecule has 0 aromatic rings. The minimum absolute atomic E-state index is 0.194. The van der Waals surface area contributed by atoms with Crippen molar-refractivity contribution in [2.45, 2.75) is 45.3 Å². The minimum atomic E-state index is -4.08. The third kappa shape index (κ3) is 4.50. The molecular formula is C9H18F3N. The maximum Gasteiger partial charge on any atom is 0.404 e. The Bertz CT molecular complexity index is 133. The molecule has 0 amide bonds. The van der Waals surface area contributed by atoms with E-state index in [4.69, 9.17) is 0 Å². The standard InChI is InChI=1S/C9H18F3N/c1-4-6-8(9(10,11)12)13(3)7-5-2/h8H,4-7H2,1-3H3. The quantitative estimate of drug-likeness (QED) is 0.654. The first kappa shape index (κ1) is 12.8. The first-order valence-corrected chi connectivity index (χ1v) is 4.70. The maximum absolute atomic E-state index is 12.4. The van der Waals surface area contributed by atoms with E-state index in [-0.39, 0.29) is 6.42 Å². The largest absolute Gasteiger partial charge is 0.404 e. The van der Waals surface area contributed by atoms with E-state index in [9.17, 15) is 13.2 Å². The predicted molar refractivity (Wildman–Crippen MR) is 47.7 cm³/mol. The van der Waals surface area contributed by atoms with Gasteiger partial charge in [-0.25, -0.2) is 0 Å². The number of alkyl halides is 3. The molecule has 0 spiro atoms. The van der Waals surface area contributed by atoms with E-state index in [1.165, 1.54) is 11.9 Å². The first-order valence-electron chi connectivity index (χ1n) is 4.70. The average Bonchev–Trinajstić information content (AvgIpc) is 1.98. The van der Waals surface area contributed by atoms with Gasteiger partial charge in [0.05, 0.1) is 0 Å². The van der Waals surface area contributed by atoms with Crippen molar-refractivity contribution in [3.05, 3.63) is 0 Å². The molecule has 0 heterocycles. The fourth-order valence-electron chi connectivity index (χ4n) is 1.42. The minimum Gasteiger partial charge on any atom is -0.295 e. The van der Waals surface area contributed by atoms with Gasteiger partial charge in [0.25, 0.3) is 0 Å². The molecule has 0 saturated heterocycles. The van der Waals surface area contributed by atoms with E-state index < -0.39 is 12.2 Å². The first-order chi connectivity index (χ1) is 5.93. The lowest BCUT2D eigenvalue weighted by molar-refractivity contribution is -0.182. The lowest BCUT2D eigenvalue weighted by Crippen LogP contribution is -2.43. The third-order valence-electron chi connectivity index (χ3n) is 2.05. The van der Waals surface area contributed by atoms with Gasteiger partial charge in [-0.05, 0) is 26.4 Å². The lowest BCUT2D eigenvalue weighted by Gasteiger charge is -2.29. The fraction of sp³-hybridized carbons (Fsp3) is 1.00. The van der Waals surface area contributed by atoms with Crippen LogP contribution in [0.2, 0.25) is 0 Å². The van der Waals surface area contributed by atoms with Crippen molar-refractivity contribution in [3.8, 4) is 0 Å². The van der Waals surface area contributed by atoms with Crippen LogP contribution in [0.1, 0.15) is 33.1 Å². The van der Waals surface area contributed by atoms with Gasteiger partial charge in [0.2, 0.25) is 0 Å². The van der Waals surface area contributed by atoms with Crippen LogP contribution in [0.15, 0.2) is 0 Å². The van der Waals surface area contributed by atoms with E-state index in [0.717, 1.165) is 6.42 Å². The zero-order valence-corrected chi connectivity index (χ0v) is 8.49. The van der Waals surface area contributed by atoms with Crippen molar-refractivity contribution in [2.24, 2.45) is 0 Å². The molecule has 0 aromatic carbocycles. The second-order valence-corrected chi connectivity index (χ2v) is 3.33. The van der Waals surface area contributed by atoms with Crippen molar-refractivity contribution in [1.29, 1.82) is 0 Å². The SMILES string of the molecule is CCCC(N(C)CCC)C(F)(F)F. The van der Waals surface area contributed by atoms with Gasteiger partial charge in [0.1, 0.15) is 6.04 Å². The highest BCUT2D eigenvalue weighted by molar-refractivity contribution is 4.75. The third-order valence-corrected chi connectivity index (χ3v) is 2.05. The summed E-state index contributed by atoms with van der Waals surface area (Å²) in [6.45, 7) is 4.17. The average molecular weight is 197 g/mol. The second kappa shape index (κ2) is 5.47. The summed E-state index contributed by atoms with van der Waals surface area (Å²) in [6.07, 6.45) is -2.56. The number of nitrogens with zero attached hydrogens (tertiary/aromatic N) is 1. The molecule has 1 unspecified atom stereocenters. The van der Waals surface area contributed by atoms with Gasteiger partial charge >= 0.3 is 6.18 Å². The maximum atomic E-state index is 12.4. The van der Waals surface area contributed by atoms with Crippen molar-refractivity contribution in [3.63, 3.8) is 0 Å². The molecule has 0 N–H and O–H groups in total. The van der Waals surface area contributed by atoms with E-state index in [0.29, 0.717) is 13.0 Å². The van der Waals surface area contributed by atoms with Crippen molar-refractivity contribution in [2.75, 3.05) is 13.6 Å². The van der Waals surface area contributed by atoms with Gasteiger partial charge in [-0.15, -0.1) is 0 Å². The normalized spacial score (nSPS) is 15.0. The highest BCUT2D eigenvalue weighted by Crippen LogP contribution is 2.27. The molecule has 0 rings (SSSR count). The molecule has 4 heteroatoms. The van der Waals surface area contributed by atoms with Crippen molar-refractivity contribution in [1.82, 2.24) is 4.90 Å². The highest BCUT2D eigenvalue weighted by Gasteiger charge is 2.40. The van der Waals surface area contributed by atoms with Gasteiger partial charge in [-0.1, -0.05) is 20.3 Å². The zero-order valence-electron chi connectivity index (χ0n) is 8.49. The predicted octanol–water partition coefficient (Wildman–Crippen LogP) is 3.06. The van der Waals surface area contributed by atoms with Crippen LogP contribution in [0.3, 0.4) is 0 Å². The molecule has 0 radical (unpaired) electrons. The smallest absolute Gasteiger partial charge is 0.295 e. The summed E-state index contributed by atoms with van der Waals surface area (Å²) in [7, 11) is 1.54. The fourth-order valence-corrected chi connectivity index (χ4v) is 1.42. The summed E-state index contributed by atoms with van der Waals surface area (Å²) < 4.78 is 37.3. The Morgan fingerprint density at radius 1 is 1.15 bits per heavy atom. The number of hydrogen-bond donors (Lipinski definition) is 0. The van der Waals surface area contributed by atoms with Crippen molar-refractivity contribution >= 4 is 0 Å². The van der Waals surface area contributed by atoms with Crippen LogP contribution in [0.5, 0.6) is 0 Å². The zero-order chi connectivity index (χ0) is 10.5. The summed E-state index contributed by atoms with van der Waals surface area (Å²) in [5.41, 5.74) is 0. The van der Waals surface area contributed by atoms with Gasteiger partial charge in [0.15, 0.2) is 0 Å². The topological polar surface area (TPSA) is 3.24 Å². The van der Waals surface area contributed by atoms with Crippen LogP contribution in [0.25, 0.3) is 0 Å². The Morgan fingerprint density at radius 2 is 1.69 bits per heavy atom. The van der Waals surface area contributed by atoms with Crippen LogP contribution in [0.4, 0.5) is 13.2 Å². The van der Waals surface area contributed by atoms with Gasteiger partial charge < -0.3 is 0 Å². The summed E-state index contributed by atoms with van der Waals surface area (Å²) in [6, 6.07) is -1.27. The molecule has 1 nitrogen and oxygen atoms in total. The van der Waals surface area contributed by atoms with Gasteiger partial charge in [0, 0.05) is 0 Å². The second-order valence-electron chi connectivity index (χ2n) is 3.33. The Kier molecular flexibility index (Phi) is 5.37. The molecule has 0 aromatic heterocycles. The highest BCUT2D eigenvalue weighted by atomic mass is 19.4. The molecule has 0 aliphatic carbocycles. The van der Waals surface area contributed by atoms with E-state index in [1.54, 1.807) is 6.92 Å². The Balaban J connectivity index is 4.23. The molecule has 1 atom stereocenters. The molecule has 13 heavy (non-hydrogen) atoms. The lowest BCUT2D eigenvalue weighted by atomic mass is 10.1. The van der Waals surface area contributed by atoms with Crippen LogP contribution in [-0.4, -0.2) is 30.7 Å².